The zero-order valence-corrected chi connectivity index (χ0v) is 37.8. The van der Waals surface area contributed by atoms with Crippen LogP contribution in [-0.2, 0) is 25.7 Å². The van der Waals surface area contributed by atoms with Gasteiger partial charge in [0.2, 0.25) is 23.6 Å². The molecule has 4 amide bonds. The summed E-state index contributed by atoms with van der Waals surface area (Å²) in [7, 11) is 1.82. The SMILES string of the molecule is C#Cc1ccc(CNC(=O)C2CCCN2C(=O)C(NC(=O)C2CC3(C2)CC(N2CCN(C(=O)CN4CCN(c5cc(-c6ccccc6O)nnc5NC)CC4)CC2)C3)C(C)(C)C)cc1. The van der Waals surface area contributed by atoms with Gasteiger partial charge in [0.1, 0.15) is 17.8 Å². The molecule has 1 aromatic heterocycles. The molecule has 3 aromatic rings. The van der Waals surface area contributed by atoms with E-state index in [1.54, 1.807) is 17.0 Å². The van der Waals surface area contributed by atoms with Crippen LogP contribution < -0.4 is 20.9 Å². The van der Waals surface area contributed by atoms with E-state index in [1.807, 2.05) is 75.2 Å². The molecular formula is C49H64N10O5. The molecule has 15 nitrogen and oxygen atoms in total. The van der Waals surface area contributed by atoms with Crippen molar-refractivity contribution in [2.24, 2.45) is 16.7 Å². The highest BCUT2D eigenvalue weighted by Gasteiger charge is 2.56. The summed E-state index contributed by atoms with van der Waals surface area (Å²) in [6.45, 7) is 13.3. The summed E-state index contributed by atoms with van der Waals surface area (Å²) in [5.41, 5.74) is 3.51. The Kier molecular flexibility index (Phi) is 13.2. The Bertz CT molecular complexity index is 2220. The van der Waals surface area contributed by atoms with E-state index in [0.29, 0.717) is 49.2 Å². The third kappa shape index (κ3) is 9.68. The van der Waals surface area contributed by atoms with Gasteiger partial charge in [-0.15, -0.1) is 16.6 Å². The molecule has 2 unspecified atom stereocenters. The highest BCUT2D eigenvalue weighted by atomic mass is 16.3. The summed E-state index contributed by atoms with van der Waals surface area (Å²) in [4.78, 5) is 65.3. The molecule has 2 saturated carbocycles. The maximum absolute atomic E-state index is 14.1. The topological polar surface area (TPSA) is 167 Å². The van der Waals surface area contributed by atoms with Crippen molar-refractivity contribution in [1.29, 1.82) is 0 Å². The summed E-state index contributed by atoms with van der Waals surface area (Å²) in [5.74, 6) is 3.04. The maximum Gasteiger partial charge on any atom is 0.246 e. The van der Waals surface area contributed by atoms with E-state index in [4.69, 9.17) is 6.42 Å². The second-order valence-electron chi connectivity index (χ2n) is 19.6. The van der Waals surface area contributed by atoms with Crippen LogP contribution in [0.4, 0.5) is 11.5 Å². The van der Waals surface area contributed by atoms with E-state index < -0.39 is 17.5 Å². The number of phenolic OH excluding ortho intramolecular Hbond substituents is 1. The number of hydrogen-bond acceptors (Lipinski definition) is 11. The second-order valence-corrected chi connectivity index (χ2v) is 19.6. The van der Waals surface area contributed by atoms with Crippen LogP contribution in [0.15, 0.2) is 54.6 Å². The number of likely N-dealkylation sites (tertiary alicyclic amines) is 1. The average molecular weight is 873 g/mol. The van der Waals surface area contributed by atoms with E-state index in [0.717, 1.165) is 101 Å². The molecule has 4 heterocycles. The number of hydrogen-bond donors (Lipinski definition) is 4. The molecule has 15 heteroatoms. The van der Waals surface area contributed by atoms with Gasteiger partial charge in [-0.3, -0.25) is 29.0 Å². The Morgan fingerprint density at radius 2 is 1.59 bits per heavy atom. The van der Waals surface area contributed by atoms with Crippen LogP contribution in [0.1, 0.15) is 70.4 Å². The monoisotopic (exact) mass is 873 g/mol. The van der Waals surface area contributed by atoms with Crippen molar-refractivity contribution in [3.63, 3.8) is 0 Å². The number of aromatic hydroxyl groups is 1. The van der Waals surface area contributed by atoms with Gasteiger partial charge in [0.15, 0.2) is 5.82 Å². The molecule has 2 aliphatic carbocycles. The predicted molar refractivity (Wildman–Crippen MR) is 246 cm³/mol. The van der Waals surface area contributed by atoms with E-state index >= 15 is 0 Å². The van der Waals surface area contributed by atoms with Gasteiger partial charge in [0.05, 0.1) is 17.9 Å². The fourth-order valence-electron chi connectivity index (χ4n) is 10.5. The first-order chi connectivity index (χ1) is 30.7. The van der Waals surface area contributed by atoms with Crippen molar-refractivity contribution >= 4 is 35.1 Å². The van der Waals surface area contributed by atoms with Crippen molar-refractivity contribution in [3.05, 3.63) is 65.7 Å². The summed E-state index contributed by atoms with van der Waals surface area (Å²) >= 11 is 0. The lowest BCUT2D eigenvalue weighted by Gasteiger charge is -2.60. The first-order valence-corrected chi connectivity index (χ1v) is 23.0. The number of piperazine rings is 2. The fourth-order valence-corrected chi connectivity index (χ4v) is 10.5. The van der Waals surface area contributed by atoms with Gasteiger partial charge >= 0.3 is 0 Å². The normalized spacial score (nSPS) is 24.3. The predicted octanol–water partition coefficient (Wildman–Crippen LogP) is 3.54. The Morgan fingerprint density at radius 3 is 2.25 bits per heavy atom. The minimum Gasteiger partial charge on any atom is -0.507 e. The third-order valence-corrected chi connectivity index (χ3v) is 14.3. The lowest BCUT2D eigenvalue weighted by Crippen LogP contribution is -2.63. The standard InChI is InChI=1S/C49H64N10O5/c1-6-33-13-15-34(16-14-33)31-51-46(63)39-11-9-17-59(39)47(64)43(48(2,3)4)52-45(62)35-27-49(28-35)29-36(30-49)56-22-24-58(25-23-56)42(61)32-55-18-20-57(21-19-55)40-26-38(53-54-44(40)50-5)37-10-7-8-12-41(37)60/h1,7-8,10,12-16,26,35-36,39,43,60H,9,11,17-25,27-32H2,2-5H3,(H,50,54)(H,51,63)(H,52,62). The molecule has 340 valence electrons. The number of benzene rings is 2. The van der Waals surface area contributed by atoms with Gasteiger partial charge < -0.3 is 35.8 Å². The quantitative estimate of drug-likeness (QED) is 0.197. The van der Waals surface area contributed by atoms with Gasteiger partial charge in [0.25, 0.3) is 0 Å². The largest absolute Gasteiger partial charge is 0.507 e. The number of anilines is 2. The van der Waals surface area contributed by atoms with Crippen LogP contribution >= 0.6 is 0 Å². The van der Waals surface area contributed by atoms with Crippen molar-refractivity contribution in [2.75, 3.05) is 82.7 Å². The lowest BCUT2D eigenvalue weighted by molar-refractivity contribution is -0.151. The number of para-hydroxylation sites is 1. The van der Waals surface area contributed by atoms with Crippen LogP contribution in [-0.4, -0.2) is 149 Å². The maximum atomic E-state index is 14.1. The summed E-state index contributed by atoms with van der Waals surface area (Å²) in [6, 6.07) is 15.7. The van der Waals surface area contributed by atoms with E-state index in [9.17, 15) is 24.3 Å². The minimum absolute atomic E-state index is 0.0676. The van der Waals surface area contributed by atoms with Crippen LogP contribution in [0.2, 0.25) is 0 Å². The average Bonchev–Trinajstić information content (AvgIpc) is 3.77. The first kappa shape index (κ1) is 44.9. The molecule has 3 aliphatic heterocycles. The molecule has 3 saturated heterocycles. The number of nitrogens with zero attached hydrogens (tertiary/aromatic N) is 7. The van der Waals surface area contributed by atoms with Gasteiger partial charge in [-0.2, -0.15) is 0 Å². The molecule has 5 aliphatic rings. The van der Waals surface area contributed by atoms with E-state index in [2.05, 4.69) is 46.8 Å². The molecule has 2 aromatic carbocycles. The third-order valence-electron chi connectivity index (χ3n) is 14.3. The van der Waals surface area contributed by atoms with Crippen molar-refractivity contribution in [2.45, 2.75) is 84.0 Å². The second kappa shape index (κ2) is 18.8. The Morgan fingerprint density at radius 1 is 0.891 bits per heavy atom. The van der Waals surface area contributed by atoms with Crippen molar-refractivity contribution in [3.8, 4) is 29.4 Å². The summed E-state index contributed by atoms with van der Waals surface area (Å²) < 4.78 is 0. The number of carbonyl (C=O) groups is 4. The summed E-state index contributed by atoms with van der Waals surface area (Å²) in [5, 5.41) is 28.4. The highest BCUT2D eigenvalue weighted by molar-refractivity contribution is 5.93. The summed E-state index contributed by atoms with van der Waals surface area (Å²) in [6.07, 6.45) is 10.6. The van der Waals surface area contributed by atoms with E-state index in [1.165, 1.54) is 0 Å². The molecule has 64 heavy (non-hydrogen) atoms. The smallest absolute Gasteiger partial charge is 0.246 e. The molecule has 8 rings (SSSR count). The molecule has 5 fully saturated rings. The van der Waals surface area contributed by atoms with Crippen LogP contribution in [0, 0.1) is 29.1 Å². The molecule has 1 spiro atoms. The number of nitrogens with one attached hydrogen (secondary N) is 3. The van der Waals surface area contributed by atoms with Crippen LogP contribution in [0.25, 0.3) is 11.3 Å². The first-order valence-electron chi connectivity index (χ1n) is 23.0. The van der Waals surface area contributed by atoms with Gasteiger partial charge in [-0.25, -0.2) is 0 Å². The number of aromatic nitrogens is 2. The van der Waals surface area contributed by atoms with Crippen molar-refractivity contribution in [1.82, 2.24) is 40.4 Å². The Labute approximate surface area is 377 Å². The lowest BCUT2D eigenvalue weighted by atomic mass is 9.49. The molecule has 0 bridgehead atoms. The number of phenols is 1. The van der Waals surface area contributed by atoms with Gasteiger partial charge in [-0.1, -0.05) is 51.0 Å². The molecule has 4 N–H and O–H groups in total. The number of amides is 4. The number of carbonyl (C=O) groups excluding carboxylic acids is 4. The highest BCUT2D eigenvalue weighted by Crippen LogP contribution is 2.60. The number of terminal acetylenes is 1. The zero-order chi connectivity index (χ0) is 45.2. The van der Waals surface area contributed by atoms with Crippen LogP contribution in [0.5, 0.6) is 5.75 Å². The van der Waals surface area contributed by atoms with Gasteiger partial charge in [0, 0.05) is 95.6 Å². The minimum atomic E-state index is -0.735. The number of rotatable bonds is 12. The van der Waals surface area contributed by atoms with Crippen LogP contribution in [0.3, 0.4) is 0 Å². The molecule has 2 atom stereocenters. The molecule has 0 radical (unpaired) electrons. The Hall–Kier alpha value is -5.72. The molecular weight excluding hydrogens is 809 g/mol. The van der Waals surface area contributed by atoms with Crippen molar-refractivity contribution < 1.29 is 24.3 Å². The zero-order valence-electron chi connectivity index (χ0n) is 37.8. The van der Waals surface area contributed by atoms with E-state index in [-0.39, 0.29) is 40.7 Å². The Balaban J connectivity index is 0.752. The fraction of sp³-hybridized carbons (Fsp3) is 0.551. The van der Waals surface area contributed by atoms with Gasteiger partial charge in [-0.05, 0) is 85.3 Å².